The summed E-state index contributed by atoms with van der Waals surface area (Å²) in [6.07, 6.45) is 0. The highest BCUT2D eigenvalue weighted by atomic mass is 16.3. The van der Waals surface area contributed by atoms with E-state index in [1.165, 1.54) is 11.1 Å². The summed E-state index contributed by atoms with van der Waals surface area (Å²) in [5, 5.41) is 9.86. The Balaban J connectivity index is 2.21. The van der Waals surface area contributed by atoms with Crippen molar-refractivity contribution in [2.75, 3.05) is 11.9 Å². The van der Waals surface area contributed by atoms with Crippen molar-refractivity contribution in [1.82, 2.24) is 0 Å². The Labute approximate surface area is 109 Å². The molecule has 2 rings (SSSR count). The molecular weight excluding hydrogens is 222 g/mol. The molecule has 0 atom stereocenters. The maximum absolute atomic E-state index is 9.86. The van der Waals surface area contributed by atoms with Crippen LogP contribution in [0.5, 0.6) is 5.75 Å². The first-order chi connectivity index (χ1) is 8.56. The maximum Gasteiger partial charge on any atom is 0.120 e. The predicted octanol–water partition coefficient (Wildman–Crippen LogP) is 3.65. The molecule has 0 unspecified atom stereocenters. The van der Waals surface area contributed by atoms with Crippen LogP contribution in [0, 0.1) is 13.8 Å². The Bertz CT molecular complexity index is 549. The Morgan fingerprint density at radius 3 is 2.44 bits per heavy atom. The number of aromatic hydroxyl groups is 1. The number of benzene rings is 2. The first kappa shape index (κ1) is 12.5. The third-order valence-electron chi connectivity index (χ3n) is 3.08. The third-order valence-corrected chi connectivity index (χ3v) is 3.08. The molecule has 0 saturated heterocycles. The van der Waals surface area contributed by atoms with Crippen LogP contribution in [0.2, 0.25) is 0 Å². The van der Waals surface area contributed by atoms with E-state index >= 15 is 0 Å². The van der Waals surface area contributed by atoms with E-state index in [1.54, 1.807) is 6.07 Å². The van der Waals surface area contributed by atoms with Gasteiger partial charge in [0.25, 0.3) is 0 Å². The topological polar surface area (TPSA) is 23.5 Å². The van der Waals surface area contributed by atoms with Gasteiger partial charge in [-0.15, -0.1) is 0 Å². The van der Waals surface area contributed by atoms with Gasteiger partial charge in [0.2, 0.25) is 0 Å². The molecule has 18 heavy (non-hydrogen) atoms. The first-order valence-electron chi connectivity index (χ1n) is 6.12. The smallest absolute Gasteiger partial charge is 0.120 e. The van der Waals surface area contributed by atoms with Crippen LogP contribution < -0.4 is 4.90 Å². The molecule has 2 heteroatoms. The Morgan fingerprint density at radius 1 is 1.00 bits per heavy atom. The van der Waals surface area contributed by atoms with Gasteiger partial charge in [-0.1, -0.05) is 29.8 Å². The van der Waals surface area contributed by atoms with Gasteiger partial charge in [0.1, 0.15) is 5.75 Å². The highest BCUT2D eigenvalue weighted by Crippen LogP contribution is 2.23. The molecule has 1 N–H and O–H groups in total. The zero-order valence-corrected chi connectivity index (χ0v) is 11.1. The number of anilines is 1. The molecular formula is C16H19NO. The Hall–Kier alpha value is -1.96. The fourth-order valence-electron chi connectivity index (χ4n) is 2.05. The average molecular weight is 241 g/mol. The normalized spacial score (nSPS) is 10.4. The molecule has 0 aliphatic carbocycles. The highest BCUT2D eigenvalue weighted by Gasteiger charge is 2.06. The van der Waals surface area contributed by atoms with Gasteiger partial charge in [-0.2, -0.15) is 0 Å². The summed E-state index contributed by atoms with van der Waals surface area (Å²) in [6, 6.07) is 14.1. The average Bonchev–Trinajstić information content (AvgIpc) is 2.34. The number of nitrogens with zero attached hydrogens (tertiary/aromatic N) is 1. The Kier molecular flexibility index (Phi) is 3.56. The molecule has 0 bridgehead atoms. The molecule has 2 aromatic rings. The van der Waals surface area contributed by atoms with Gasteiger partial charge in [0, 0.05) is 24.8 Å². The summed E-state index contributed by atoms with van der Waals surface area (Å²) in [7, 11) is 2.04. The third kappa shape index (κ3) is 2.83. The lowest BCUT2D eigenvalue weighted by Gasteiger charge is -2.20. The minimum absolute atomic E-state index is 0.361. The minimum Gasteiger partial charge on any atom is -0.508 e. The van der Waals surface area contributed by atoms with Gasteiger partial charge in [-0.05, 0) is 37.6 Å². The molecule has 0 spiro atoms. The molecule has 0 aromatic heterocycles. The summed E-state index contributed by atoms with van der Waals surface area (Å²) in [5.41, 5.74) is 4.53. The standard InChI is InChI=1S/C16H19NO/c1-12-5-4-6-15(10-12)17(3)11-14-9-13(2)7-8-16(14)18/h4-10,18H,11H2,1-3H3. The van der Waals surface area contributed by atoms with Crippen LogP contribution in [-0.4, -0.2) is 12.2 Å². The monoisotopic (exact) mass is 241 g/mol. The summed E-state index contributed by atoms with van der Waals surface area (Å²) >= 11 is 0. The second-order valence-electron chi connectivity index (χ2n) is 4.83. The van der Waals surface area contributed by atoms with Gasteiger partial charge in [-0.25, -0.2) is 0 Å². The zero-order chi connectivity index (χ0) is 13.1. The second kappa shape index (κ2) is 5.13. The van der Waals surface area contributed by atoms with E-state index in [1.807, 2.05) is 26.1 Å². The second-order valence-corrected chi connectivity index (χ2v) is 4.83. The lowest BCUT2D eigenvalue weighted by atomic mass is 10.1. The molecule has 2 aromatic carbocycles. The van der Waals surface area contributed by atoms with Gasteiger partial charge < -0.3 is 10.0 Å². The molecule has 0 radical (unpaired) electrons. The molecule has 0 aliphatic rings. The molecule has 0 saturated carbocycles. The van der Waals surface area contributed by atoms with Crippen molar-refractivity contribution in [2.45, 2.75) is 20.4 Å². The SMILES string of the molecule is Cc1cccc(N(C)Cc2cc(C)ccc2O)c1. The van der Waals surface area contributed by atoms with Crippen LogP contribution in [0.1, 0.15) is 16.7 Å². The predicted molar refractivity (Wildman–Crippen MR) is 76.1 cm³/mol. The van der Waals surface area contributed by atoms with E-state index < -0.39 is 0 Å². The fourth-order valence-corrected chi connectivity index (χ4v) is 2.05. The van der Waals surface area contributed by atoms with E-state index in [9.17, 15) is 5.11 Å². The van der Waals surface area contributed by atoms with Crippen LogP contribution in [0.25, 0.3) is 0 Å². The van der Waals surface area contributed by atoms with Crippen molar-refractivity contribution >= 4 is 5.69 Å². The maximum atomic E-state index is 9.86. The van der Waals surface area contributed by atoms with Crippen LogP contribution in [0.15, 0.2) is 42.5 Å². The van der Waals surface area contributed by atoms with Crippen LogP contribution in [0.3, 0.4) is 0 Å². The molecule has 0 aliphatic heterocycles. The van der Waals surface area contributed by atoms with Crippen molar-refractivity contribution < 1.29 is 5.11 Å². The number of hydrogen-bond donors (Lipinski definition) is 1. The number of phenols is 1. The molecule has 94 valence electrons. The van der Waals surface area contributed by atoms with Crippen LogP contribution >= 0.6 is 0 Å². The summed E-state index contributed by atoms with van der Waals surface area (Å²) < 4.78 is 0. The first-order valence-corrected chi connectivity index (χ1v) is 6.12. The van der Waals surface area contributed by atoms with Crippen molar-refractivity contribution in [3.8, 4) is 5.75 Å². The lowest BCUT2D eigenvalue weighted by Crippen LogP contribution is -2.16. The number of aryl methyl sites for hydroxylation is 2. The van der Waals surface area contributed by atoms with E-state index in [4.69, 9.17) is 0 Å². The van der Waals surface area contributed by atoms with Crippen LogP contribution in [-0.2, 0) is 6.54 Å². The van der Waals surface area contributed by atoms with Crippen molar-refractivity contribution in [1.29, 1.82) is 0 Å². The van der Waals surface area contributed by atoms with E-state index in [-0.39, 0.29) is 0 Å². The van der Waals surface area contributed by atoms with Gasteiger partial charge >= 0.3 is 0 Å². The fraction of sp³-hybridized carbons (Fsp3) is 0.250. The van der Waals surface area contributed by atoms with E-state index in [2.05, 4.69) is 36.1 Å². The molecule has 0 amide bonds. The van der Waals surface area contributed by atoms with Gasteiger partial charge in [-0.3, -0.25) is 0 Å². The Morgan fingerprint density at radius 2 is 1.72 bits per heavy atom. The zero-order valence-electron chi connectivity index (χ0n) is 11.1. The summed E-state index contributed by atoms with van der Waals surface area (Å²) in [6.45, 7) is 4.83. The van der Waals surface area contributed by atoms with Crippen molar-refractivity contribution in [2.24, 2.45) is 0 Å². The van der Waals surface area contributed by atoms with Crippen molar-refractivity contribution in [3.63, 3.8) is 0 Å². The largest absolute Gasteiger partial charge is 0.508 e. The van der Waals surface area contributed by atoms with E-state index in [0.717, 1.165) is 11.3 Å². The van der Waals surface area contributed by atoms with Crippen LogP contribution in [0.4, 0.5) is 5.69 Å². The number of phenolic OH excluding ortho intramolecular Hbond substituents is 1. The number of rotatable bonds is 3. The number of hydrogen-bond acceptors (Lipinski definition) is 2. The molecule has 2 nitrogen and oxygen atoms in total. The molecule has 0 fully saturated rings. The minimum atomic E-state index is 0.361. The quantitative estimate of drug-likeness (QED) is 0.886. The van der Waals surface area contributed by atoms with Crippen molar-refractivity contribution in [3.05, 3.63) is 59.2 Å². The summed E-state index contributed by atoms with van der Waals surface area (Å²) in [4.78, 5) is 2.14. The van der Waals surface area contributed by atoms with Gasteiger partial charge in [0.05, 0.1) is 0 Å². The summed E-state index contributed by atoms with van der Waals surface area (Å²) in [5.74, 6) is 0.361. The van der Waals surface area contributed by atoms with Gasteiger partial charge in [0.15, 0.2) is 0 Å². The lowest BCUT2D eigenvalue weighted by molar-refractivity contribution is 0.467. The highest BCUT2D eigenvalue weighted by molar-refractivity contribution is 5.49. The van der Waals surface area contributed by atoms with E-state index in [0.29, 0.717) is 12.3 Å². The molecule has 0 heterocycles.